The van der Waals surface area contributed by atoms with Crippen molar-refractivity contribution in [2.24, 2.45) is 11.8 Å². The number of benzene rings is 1. The van der Waals surface area contributed by atoms with E-state index in [2.05, 4.69) is 0 Å². The molecule has 1 fully saturated rings. The number of nitrogens with zero attached hydrogens (tertiary/aromatic N) is 1. The summed E-state index contributed by atoms with van der Waals surface area (Å²) in [4.78, 5) is 24.8. The fourth-order valence-corrected chi connectivity index (χ4v) is 2.56. The number of hydrogen-bond acceptors (Lipinski definition) is 4. The maximum absolute atomic E-state index is 12.3. The molecule has 2 unspecified atom stereocenters. The Kier molecular flexibility index (Phi) is 3.45. The first kappa shape index (κ1) is 13.7. The Morgan fingerprint density at radius 3 is 2.62 bits per heavy atom. The summed E-state index contributed by atoms with van der Waals surface area (Å²) in [6.07, 6.45) is -0.652. The molecule has 0 spiro atoms. The molecule has 0 saturated carbocycles. The van der Waals surface area contributed by atoms with Gasteiger partial charge < -0.3 is 19.5 Å². The van der Waals surface area contributed by atoms with Crippen LogP contribution in [0.25, 0.3) is 0 Å². The van der Waals surface area contributed by atoms with Gasteiger partial charge in [-0.1, -0.05) is 19.1 Å². The lowest BCUT2D eigenvalue weighted by atomic mass is 9.87. The number of amides is 1. The molecule has 0 aromatic heterocycles. The van der Waals surface area contributed by atoms with Crippen molar-refractivity contribution in [2.75, 3.05) is 19.7 Å². The van der Waals surface area contributed by atoms with Crippen molar-refractivity contribution in [1.29, 1.82) is 0 Å². The molecular formula is C15H17NO5. The summed E-state index contributed by atoms with van der Waals surface area (Å²) in [6.45, 7) is 2.79. The summed E-state index contributed by atoms with van der Waals surface area (Å²) in [5, 5.41) is 8.95. The van der Waals surface area contributed by atoms with Gasteiger partial charge in [0.2, 0.25) is 6.10 Å². The average molecular weight is 291 g/mol. The van der Waals surface area contributed by atoms with Crippen molar-refractivity contribution < 1.29 is 24.2 Å². The third-order valence-electron chi connectivity index (χ3n) is 4.10. The van der Waals surface area contributed by atoms with Crippen LogP contribution in [0.1, 0.15) is 6.92 Å². The van der Waals surface area contributed by atoms with Gasteiger partial charge in [0, 0.05) is 19.0 Å². The van der Waals surface area contributed by atoms with Gasteiger partial charge in [0.05, 0.1) is 5.92 Å². The number of ether oxygens (including phenoxy) is 2. The summed E-state index contributed by atoms with van der Waals surface area (Å²) < 4.78 is 11.2. The Bertz CT molecular complexity index is 567. The smallest absolute Gasteiger partial charge is 0.306 e. The lowest BCUT2D eigenvalue weighted by Crippen LogP contribution is -2.58. The van der Waals surface area contributed by atoms with Gasteiger partial charge in [0.1, 0.15) is 6.61 Å². The second-order valence-electron chi connectivity index (χ2n) is 5.49. The maximum Gasteiger partial charge on any atom is 0.306 e. The minimum atomic E-state index is -0.821. The summed E-state index contributed by atoms with van der Waals surface area (Å²) >= 11 is 0. The Morgan fingerprint density at radius 1 is 1.29 bits per heavy atom. The quantitative estimate of drug-likeness (QED) is 0.899. The molecule has 6 nitrogen and oxygen atoms in total. The molecule has 1 N–H and O–H groups in total. The number of carbonyl (C=O) groups excluding carboxylic acids is 1. The van der Waals surface area contributed by atoms with Crippen LogP contribution in [-0.2, 0) is 9.59 Å². The normalized spacial score (nSPS) is 22.3. The van der Waals surface area contributed by atoms with Crippen LogP contribution in [0.15, 0.2) is 24.3 Å². The van der Waals surface area contributed by atoms with E-state index in [4.69, 9.17) is 14.6 Å². The van der Waals surface area contributed by atoms with E-state index in [1.807, 2.05) is 12.1 Å². The van der Waals surface area contributed by atoms with Crippen LogP contribution in [0.2, 0.25) is 0 Å². The van der Waals surface area contributed by atoms with Gasteiger partial charge in [-0.15, -0.1) is 0 Å². The van der Waals surface area contributed by atoms with Gasteiger partial charge in [-0.25, -0.2) is 0 Å². The van der Waals surface area contributed by atoms with Gasteiger partial charge >= 0.3 is 5.97 Å². The average Bonchev–Trinajstić information content (AvgIpc) is 2.44. The highest BCUT2D eigenvalue weighted by atomic mass is 16.6. The van der Waals surface area contributed by atoms with Gasteiger partial charge in [-0.2, -0.15) is 0 Å². The molecule has 1 amide bonds. The van der Waals surface area contributed by atoms with Crippen LogP contribution in [-0.4, -0.2) is 47.7 Å². The van der Waals surface area contributed by atoms with E-state index < -0.39 is 18.0 Å². The molecule has 2 aliphatic rings. The van der Waals surface area contributed by atoms with E-state index in [1.54, 1.807) is 24.0 Å². The topological polar surface area (TPSA) is 76.1 Å². The molecule has 6 heteroatoms. The number of aliphatic carboxylic acids is 1. The SMILES string of the molecule is CC(C(=O)O)C1CN(C(=O)C2COc3ccccc3O2)C1. The van der Waals surface area contributed by atoms with Crippen LogP contribution in [0.3, 0.4) is 0 Å². The standard InChI is InChI=1S/C15H17NO5/c1-9(15(18)19)10-6-16(7-10)14(17)13-8-20-11-4-2-3-5-12(11)21-13/h2-5,9-10,13H,6-8H2,1H3,(H,18,19). The molecule has 1 aromatic rings. The summed E-state index contributed by atoms with van der Waals surface area (Å²) in [7, 11) is 0. The molecule has 2 atom stereocenters. The highest BCUT2D eigenvalue weighted by molar-refractivity contribution is 5.83. The molecule has 0 bridgehead atoms. The minimum absolute atomic E-state index is 0.0169. The van der Waals surface area contributed by atoms with Crippen LogP contribution < -0.4 is 9.47 Å². The number of fused-ring (bicyclic) bond motifs is 1. The molecule has 1 saturated heterocycles. The zero-order valence-corrected chi connectivity index (χ0v) is 11.7. The first-order valence-corrected chi connectivity index (χ1v) is 6.96. The fraction of sp³-hybridized carbons (Fsp3) is 0.467. The van der Waals surface area contributed by atoms with Gasteiger partial charge in [-0.05, 0) is 12.1 Å². The third-order valence-corrected chi connectivity index (χ3v) is 4.10. The van der Waals surface area contributed by atoms with Crippen molar-refractivity contribution in [2.45, 2.75) is 13.0 Å². The largest absolute Gasteiger partial charge is 0.485 e. The van der Waals surface area contributed by atoms with Crippen molar-refractivity contribution >= 4 is 11.9 Å². The van der Waals surface area contributed by atoms with Crippen LogP contribution >= 0.6 is 0 Å². The molecule has 2 aliphatic heterocycles. The van der Waals surface area contributed by atoms with Crippen molar-refractivity contribution in [1.82, 2.24) is 4.90 Å². The van der Waals surface area contributed by atoms with Crippen LogP contribution in [0.5, 0.6) is 11.5 Å². The first-order chi connectivity index (χ1) is 10.1. The Balaban J connectivity index is 1.58. The van der Waals surface area contributed by atoms with E-state index in [0.717, 1.165) is 0 Å². The van der Waals surface area contributed by atoms with Crippen LogP contribution in [0, 0.1) is 11.8 Å². The lowest BCUT2D eigenvalue weighted by molar-refractivity contribution is -0.155. The summed E-state index contributed by atoms with van der Waals surface area (Å²) in [5.41, 5.74) is 0. The van der Waals surface area contributed by atoms with E-state index in [1.165, 1.54) is 0 Å². The third kappa shape index (κ3) is 2.53. The minimum Gasteiger partial charge on any atom is -0.485 e. The molecule has 3 rings (SSSR count). The number of hydrogen-bond donors (Lipinski definition) is 1. The highest BCUT2D eigenvalue weighted by Gasteiger charge is 2.41. The van der Waals surface area contributed by atoms with E-state index in [9.17, 15) is 9.59 Å². The molecular weight excluding hydrogens is 274 g/mol. The monoisotopic (exact) mass is 291 g/mol. The van der Waals surface area contributed by atoms with Crippen molar-refractivity contribution in [3.05, 3.63) is 24.3 Å². The number of para-hydroxylation sites is 2. The highest BCUT2D eigenvalue weighted by Crippen LogP contribution is 2.32. The molecule has 2 heterocycles. The second-order valence-corrected chi connectivity index (χ2v) is 5.49. The second kappa shape index (κ2) is 5.27. The first-order valence-electron chi connectivity index (χ1n) is 6.96. The fourth-order valence-electron chi connectivity index (χ4n) is 2.56. The zero-order valence-electron chi connectivity index (χ0n) is 11.7. The lowest BCUT2D eigenvalue weighted by Gasteiger charge is -2.43. The van der Waals surface area contributed by atoms with E-state index >= 15 is 0 Å². The zero-order chi connectivity index (χ0) is 15.0. The number of rotatable bonds is 3. The molecule has 21 heavy (non-hydrogen) atoms. The van der Waals surface area contributed by atoms with E-state index in [-0.39, 0.29) is 18.4 Å². The van der Waals surface area contributed by atoms with Crippen LogP contribution in [0.4, 0.5) is 0 Å². The summed E-state index contributed by atoms with van der Waals surface area (Å²) in [5.74, 6) is -0.168. The number of carbonyl (C=O) groups is 2. The number of likely N-dealkylation sites (tertiary alicyclic amines) is 1. The predicted octanol–water partition coefficient (Wildman–Crippen LogP) is 1.01. The van der Waals surface area contributed by atoms with Gasteiger partial charge in [0.15, 0.2) is 11.5 Å². The Labute approximate surface area is 122 Å². The number of carboxylic acid groups (broad SMARTS) is 1. The molecule has 0 radical (unpaired) electrons. The Morgan fingerprint density at radius 2 is 1.95 bits per heavy atom. The maximum atomic E-state index is 12.3. The van der Waals surface area contributed by atoms with Crippen molar-refractivity contribution in [3.63, 3.8) is 0 Å². The molecule has 112 valence electrons. The summed E-state index contributed by atoms with van der Waals surface area (Å²) in [6, 6.07) is 7.23. The predicted molar refractivity (Wildman–Crippen MR) is 73.2 cm³/mol. The van der Waals surface area contributed by atoms with Gasteiger partial charge in [-0.3, -0.25) is 9.59 Å². The number of carboxylic acids is 1. The van der Waals surface area contributed by atoms with E-state index in [0.29, 0.717) is 24.6 Å². The molecule has 0 aliphatic carbocycles. The Hall–Kier alpha value is -2.24. The molecule has 1 aromatic carbocycles. The van der Waals surface area contributed by atoms with Gasteiger partial charge in [0.25, 0.3) is 5.91 Å². The van der Waals surface area contributed by atoms with Crippen molar-refractivity contribution in [3.8, 4) is 11.5 Å².